The van der Waals surface area contributed by atoms with E-state index in [2.05, 4.69) is 0 Å². The third-order valence-corrected chi connectivity index (χ3v) is 9.33. The second-order valence-corrected chi connectivity index (χ2v) is 11.6. The average molecular weight is 484 g/mol. The molecule has 0 bridgehead atoms. The first-order chi connectivity index (χ1) is 15.3. The van der Waals surface area contributed by atoms with Crippen LogP contribution in [-0.2, 0) is 19.9 Å². The number of nitrogens with one attached hydrogen (secondary N) is 1. The number of rotatable bonds is 6. The summed E-state index contributed by atoms with van der Waals surface area (Å²) in [6.07, 6.45) is 0. The smallest absolute Gasteiger partial charge is 0.268 e. The summed E-state index contributed by atoms with van der Waals surface area (Å²) < 4.78 is 52.5. The van der Waals surface area contributed by atoms with Gasteiger partial charge in [0, 0.05) is 10.9 Å². The Labute approximate surface area is 190 Å². The van der Waals surface area contributed by atoms with Gasteiger partial charge in [-0.05, 0) is 41.5 Å². The number of hydrogen-bond donors (Lipinski definition) is 1. The molecule has 4 aromatic rings. The Morgan fingerprint density at radius 3 is 1.88 bits per heavy atom. The van der Waals surface area contributed by atoms with Crippen LogP contribution in [0.4, 0.5) is 0 Å². The van der Waals surface area contributed by atoms with Gasteiger partial charge in [0.1, 0.15) is 4.21 Å². The fraction of sp³-hybridized carbons (Fsp3) is 0. The van der Waals surface area contributed by atoms with Gasteiger partial charge < -0.3 is 0 Å². The maximum atomic E-state index is 12.7. The number of sulfonamides is 1. The van der Waals surface area contributed by atoms with E-state index < -0.39 is 25.8 Å². The molecule has 4 rings (SSSR count). The van der Waals surface area contributed by atoms with Gasteiger partial charge in [0.15, 0.2) is 0 Å². The van der Waals surface area contributed by atoms with Gasteiger partial charge in [-0.15, -0.1) is 11.3 Å². The summed E-state index contributed by atoms with van der Waals surface area (Å²) in [5, 5.41) is 1.25. The van der Waals surface area contributed by atoms with Crippen molar-refractivity contribution >= 4 is 37.1 Å². The molecule has 1 N–H and O–H groups in total. The van der Waals surface area contributed by atoms with E-state index in [4.69, 9.17) is 0 Å². The monoisotopic (exact) mass is 483 g/mol. The maximum Gasteiger partial charge on any atom is 0.273 e. The molecule has 9 heteroatoms. The molecule has 32 heavy (non-hydrogen) atoms. The van der Waals surface area contributed by atoms with Crippen molar-refractivity contribution in [3.8, 4) is 11.1 Å². The Kier molecular flexibility index (Phi) is 5.96. The van der Waals surface area contributed by atoms with Gasteiger partial charge in [0.25, 0.3) is 15.9 Å². The normalized spacial score (nSPS) is 11.8. The zero-order valence-electron chi connectivity index (χ0n) is 16.5. The summed E-state index contributed by atoms with van der Waals surface area (Å²) >= 11 is 0.733. The molecule has 3 aromatic carbocycles. The van der Waals surface area contributed by atoms with Gasteiger partial charge in [-0.1, -0.05) is 60.7 Å². The van der Waals surface area contributed by atoms with E-state index in [0.717, 1.165) is 28.5 Å². The second kappa shape index (κ2) is 8.70. The molecule has 1 heterocycles. The van der Waals surface area contributed by atoms with Gasteiger partial charge >= 0.3 is 0 Å². The van der Waals surface area contributed by atoms with Crippen LogP contribution in [0.15, 0.2) is 110 Å². The van der Waals surface area contributed by atoms with Gasteiger partial charge in [-0.2, -0.15) is 0 Å². The van der Waals surface area contributed by atoms with Crippen LogP contribution in [0.2, 0.25) is 0 Å². The minimum Gasteiger partial charge on any atom is -0.268 e. The van der Waals surface area contributed by atoms with E-state index in [1.807, 2.05) is 35.1 Å². The van der Waals surface area contributed by atoms with Crippen LogP contribution in [0.25, 0.3) is 11.1 Å². The van der Waals surface area contributed by atoms with Gasteiger partial charge in [0.05, 0.1) is 9.79 Å². The average Bonchev–Trinajstić information content (AvgIpc) is 3.33. The second-order valence-electron chi connectivity index (χ2n) is 6.80. The summed E-state index contributed by atoms with van der Waals surface area (Å²) in [6, 6.07) is 24.9. The topological polar surface area (TPSA) is 97.4 Å². The van der Waals surface area contributed by atoms with Crippen LogP contribution >= 0.6 is 11.3 Å². The zero-order valence-corrected chi connectivity index (χ0v) is 19.0. The highest BCUT2D eigenvalue weighted by Crippen LogP contribution is 2.28. The highest BCUT2D eigenvalue weighted by Gasteiger charge is 2.25. The molecule has 0 saturated carbocycles. The molecular formula is C23H17NO5S3. The Bertz CT molecular complexity index is 1460. The van der Waals surface area contributed by atoms with E-state index in [-0.39, 0.29) is 19.6 Å². The quantitative estimate of drug-likeness (QED) is 0.439. The lowest BCUT2D eigenvalue weighted by molar-refractivity contribution is 0.0981. The number of hydrogen-bond acceptors (Lipinski definition) is 6. The third kappa shape index (κ3) is 4.50. The standard InChI is InChI=1S/C23H17NO5S3/c25-23(19-13-11-18(12-14-19)17-7-3-1-4-8-17)24-32(28,29)22-15-21(16-30-22)31(26,27)20-9-5-2-6-10-20/h1-16H,(H,24,25). The lowest BCUT2D eigenvalue weighted by Crippen LogP contribution is -2.30. The predicted octanol–water partition coefficient (Wildman–Crippen LogP) is 4.37. The number of carbonyl (C=O) groups excluding carboxylic acids is 1. The van der Waals surface area contributed by atoms with Crippen molar-refractivity contribution in [2.24, 2.45) is 0 Å². The van der Waals surface area contributed by atoms with Crippen LogP contribution in [-0.4, -0.2) is 22.7 Å². The molecule has 0 radical (unpaired) electrons. The summed E-state index contributed by atoms with van der Waals surface area (Å²) in [5.74, 6) is -0.800. The van der Waals surface area contributed by atoms with Crippen molar-refractivity contribution in [3.05, 3.63) is 102 Å². The van der Waals surface area contributed by atoms with E-state index in [9.17, 15) is 21.6 Å². The number of carbonyl (C=O) groups is 1. The van der Waals surface area contributed by atoms with Gasteiger partial charge in [-0.25, -0.2) is 21.6 Å². The largest absolute Gasteiger partial charge is 0.273 e. The highest BCUT2D eigenvalue weighted by molar-refractivity contribution is 7.93. The fourth-order valence-electron chi connectivity index (χ4n) is 2.99. The molecule has 0 aliphatic heterocycles. The first-order valence-corrected chi connectivity index (χ1v) is 13.2. The van der Waals surface area contributed by atoms with Crippen molar-refractivity contribution in [2.75, 3.05) is 0 Å². The highest BCUT2D eigenvalue weighted by atomic mass is 32.2. The molecule has 0 saturated heterocycles. The molecule has 0 aliphatic rings. The lowest BCUT2D eigenvalue weighted by atomic mass is 10.0. The third-order valence-electron chi connectivity index (χ3n) is 4.66. The molecular weight excluding hydrogens is 466 g/mol. The SMILES string of the molecule is O=C(NS(=O)(=O)c1cc(S(=O)(=O)c2ccccc2)cs1)c1ccc(-c2ccccc2)cc1. The number of amides is 1. The van der Waals surface area contributed by atoms with E-state index in [1.165, 1.54) is 29.6 Å². The molecule has 0 spiro atoms. The number of benzene rings is 3. The first-order valence-electron chi connectivity index (χ1n) is 9.39. The summed E-state index contributed by atoms with van der Waals surface area (Å²) in [6.45, 7) is 0. The molecule has 6 nitrogen and oxygen atoms in total. The molecule has 0 atom stereocenters. The minimum atomic E-state index is -4.24. The van der Waals surface area contributed by atoms with Crippen molar-refractivity contribution in [2.45, 2.75) is 14.0 Å². The fourth-order valence-corrected chi connectivity index (χ4v) is 6.87. The molecule has 0 aliphatic carbocycles. The molecule has 0 unspecified atom stereocenters. The van der Waals surface area contributed by atoms with Crippen molar-refractivity contribution < 1.29 is 21.6 Å². The molecule has 162 valence electrons. The van der Waals surface area contributed by atoms with Crippen molar-refractivity contribution in [1.29, 1.82) is 0 Å². The van der Waals surface area contributed by atoms with Gasteiger partial charge in [-0.3, -0.25) is 4.79 Å². The van der Waals surface area contributed by atoms with E-state index in [1.54, 1.807) is 30.3 Å². The van der Waals surface area contributed by atoms with E-state index >= 15 is 0 Å². The lowest BCUT2D eigenvalue weighted by Gasteiger charge is -2.06. The molecule has 1 amide bonds. The van der Waals surface area contributed by atoms with Gasteiger partial charge in [0.2, 0.25) is 9.84 Å². The predicted molar refractivity (Wildman–Crippen MR) is 123 cm³/mol. The first kappa shape index (κ1) is 21.9. The van der Waals surface area contributed by atoms with Crippen molar-refractivity contribution in [3.63, 3.8) is 0 Å². The number of sulfone groups is 1. The van der Waals surface area contributed by atoms with Crippen LogP contribution < -0.4 is 4.72 Å². The summed E-state index contributed by atoms with van der Waals surface area (Å²) in [7, 11) is -8.09. The Hall–Kier alpha value is -3.27. The maximum absolute atomic E-state index is 12.7. The van der Waals surface area contributed by atoms with Crippen LogP contribution in [0.3, 0.4) is 0 Å². The Balaban J connectivity index is 1.53. The summed E-state index contributed by atoms with van der Waals surface area (Å²) in [4.78, 5) is 12.4. The Morgan fingerprint density at radius 1 is 0.688 bits per heavy atom. The minimum absolute atomic E-state index is 0.0595. The van der Waals surface area contributed by atoms with Crippen LogP contribution in [0.5, 0.6) is 0 Å². The summed E-state index contributed by atoms with van der Waals surface area (Å²) in [5.41, 5.74) is 2.03. The van der Waals surface area contributed by atoms with Crippen LogP contribution in [0, 0.1) is 0 Å². The van der Waals surface area contributed by atoms with E-state index in [0.29, 0.717) is 0 Å². The molecule has 0 fully saturated rings. The molecule has 1 aromatic heterocycles. The van der Waals surface area contributed by atoms with Crippen molar-refractivity contribution in [1.82, 2.24) is 4.72 Å². The number of thiophene rings is 1. The van der Waals surface area contributed by atoms with Crippen LogP contribution in [0.1, 0.15) is 10.4 Å². The zero-order chi connectivity index (χ0) is 22.8. The Morgan fingerprint density at radius 2 is 1.25 bits per heavy atom.